The molecule has 1 heterocycles. The van der Waals surface area contributed by atoms with Gasteiger partial charge in [-0.05, 0) is 18.4 Å². The van der Waals surface area contributed by atoms with E-state index < -0.39 is 12.8 Å². The van der Waals surface area contributed by atoms with Crippen LogP contribution in [-0.4, -0.2) is 49.0 Å². The molecule has 78 valence electrons. The molecule has 0 aromatic carbocycles. The summed E-state index contributed by atoms with van der Waals surface area (Å²) < 4.78 is 12.0. The van der Waals surface area contributed by atoms with Crippen LogP contribution < -0.4 is 5.73 Å². The fourth-order valence-electron chi connectivity index (χ4n) is 1.95. The maximum atomic E-state index is 12.0. The van der Waals surface area contributed by atoms with E-state index in [9.17, 15) is 4.39 Å². The van der Waals surface area contributed by atoms with Gasteiger partial charge < -0.3 is 15.7 Å². The fraction of sp³-hybridized carbons (Fsp3) is 1.00. The highest BCUT2D eigenvalue weighted by Crippen LogP contribution is 2.21. The zero-order valence-corrected chi connectivity index (χ0v) is 8.12. The SMILES string of the molecule is C[C@@H]1CN(CC(O)CF)C[C@H]1CN. The molecule has 1 aliphatic rings. The monoisotopic (exact) mass is 190 g/mol. The second-order valence-electron chi connectivity index (χ2n) is 4.00. The van der Waals surface area contributed by atoms with Gasteiger partial charge in [-0.2, -0.15) is 0 Å². The largest absolute Gasteiger partial charge is 0.389 e. The molecule has 0 aromatic heterocycles. The lowest BCUT2D eigenvalue weighted by Crippen LogP contribution is -2.32. The minimum absolute atomic E-state index is 0.442. The Labute approximate surface area is 78.7 Å². The molecule has 0 saturated carbocycles. The molecule has 1 saturated heterocycles. The number of rotatable bonds is 4. The number of nitrogens with zero attached hydrogens (tertiary/aromatic N) is 1. The van der Waals surface area contributed by atoms with E-state index >= 15 is 0 Å². The van der Waals surface area contributed by atoms with Crippen molar-refractivity contribution in [3.8, 4) is 0 Å². The van der Waals surface area contributed by atoms with Gasteiger partial charge in [-0.25, -0.2) is 4.39 Å². The molecule has 1 fully saturated rings. The predicted octanol–water partition coefficient (Wildman–Crippen LogP) is -0.157. The van der Waals surface area contributed by atoms with Crippen molar-refractivity contribution in [3.63, 3.8) is 0 Å². The summed E-state index contributed by atoms with van der Waals surface area (Å²) in [4.78, 5) is 2.09. The quantitative estimate of drug-likeness (QED) is 0.648. The molecule has 0 amide bonds. The molecule has 0 bridgehead atoms. The maximum absolute atomic E-state index is 12.0. The first-order valence-electron chi connectivity index (χ1n) is 4.83. The third-order valence-electron chi connectivity index (χ3n) is 2.79. The zero-order chi connectivity index (χ0) is 9.84. The van der Waals surface area contributed by atoms with Crippen LogP contribution >= 0.6 is 0 Å². The Balaban J connectivity index is 2.31. The summed E-state index contributed by atoms with van der Waals surface area (Å²) in [6.07, 6.45) is -0.830. The van der Waals surface area contributed by atoms with Crippen LogP contribution in [0.15, 0.2) is 0 Å². The number of nitrogens with two attached hydrogens (primary N) is 1. The molecule has 1 aliphatic heterocycles. The second kappa shape index (κ2) is 4.88. The minimum atomic E-state index is -0.830. The van der Waals surface area contributed by atoms with E-state index in [1.807, 2.05) is 0 Å². The molecule has 1 rings (SSSR count). The highest BCUT2D eigenvalue weighted by Gasteiger charge is 2.29. The van der Waals surface area contributed by atoms with E-state index in [1.165, 1.54) is 0 Å². The van der Waals surface area contributed by atoms with Crippen LogP contribution in [0.5, 0.6) is 0 Å². The van der Waals surface area contributed by atoms with Crippen molar-refractivity contribution in [3.05, 3.63) is 0 Å². The van der Waals surface area contributed by atoms with E-state index in [0.29, 0.717) is 24.9 Å². The molecule has 0 spiro atoms. The Hall–Kier alpha value is -0.190. The molecular formula is C9H19FN2O. The number of aliphatic hydroxyl groups is 1. The standard InChI is InChI=1S/C9H19FN2O/c1-7-4-12(5-8(7)3-11)6-9(13)2-10/h7-9,13H,2-6,11H2,1H3/t7-,8-,9?/m1/s1. The predicted molar refractivity (Wildman–Crippen MR) is 50.1 cm³/mol. The molecule has 13 heavy (non-hydrogen) atoms. The smallest absolute Gasteiger partial charge is 0.117 e. The molecule has 3 atom stereocenters. The van der Waals surface area contributed by atoms with Crippen LogP contribution in [0.1, 0.15) is 6.92 Å². The highest BCUT2D eigenvalue weighted by atomic mass is 19.1. The van der Waals surface area contributed by atoms with E-state index in [2.05, 4.69) is 11.8 Å². The van der Waals surface area contributed by atoms with Crippen LogP contribution in [0.3, 0.4) is 0 Å². The van der Waals surface area contributed by atoms with Gasteiger partial charge in [-0.1, -0.05) is 6.92 Å². The summed E-state index contributed by atoms with van der Waals surface area (Å²) >= 11 is 0. The normalized spacial score (nSPS) is 32.3. The molecule has 4 heteroatoms. The van der Waals surface area contributed by atoms with Crippen LogP contribution in [0.2, 0.25) is 0 Å². The first-order chi connectivity index (χ1) is 6.17. The Morgan fingerprint density at radius 2 is 2.31 bits per heavy atom. The number of hydrogen-bond donors (Lipinski definition) is 2. The average Bonchev–Trinajstić information content (AvgIpc) is 2.46. The lowest BCUT2D eigenvalue weighted by molar-refractivity contribution is 0.0974. The highest BCUT2D eigenvalue weighted by molar-refractivity contribution is 4.82. The Morgan fingerprint density at radius 1 is 1.62 bits per heavy atom. The third-order valence-corrected chi connectivity index (χ3v) is 2.79. The van der Waals surface area contributed by atoms with E-state index in [0.717, 1.165) is 13.1 Å². The van der Waals surface area contributed by atoms with Crippen molar-refractivity contribution in [2.45, 2.75) is 13.0 Å². The van der Waals surface area contributed by atoms with Gasteiger partial charge in [-0.15, -0.1) is 0 Å². The van der Waals surface area contributed by atoms with Gasteiger partial charge in [0, 0.05) is 19.6 Å². The van der Waals surface area contributed by atoms with E-state index in [-0.39, 0.29) is 0 Å². The average molecular weight is 190 g/mol. The number of β-amino-alcohol motifs (C(OH)–C–C–N with tert-alkyl or cyclic N) is 1. The number of likely N-dealkylation sites (tertiary alicyclic amines) is 1. The topological polar surface area (TPSA) is 49.5 Å². The first kappa shape index (κ1) is 10.9. The van der Waals surface area contributed by atoms with Crippen molar-refractivity contribution in [2.75, 3.05) is 32.9 Å². The van der Waals surface area contributed by atoms with Crippen molar-refractivity contribution < 1.29 is 9.50 Å². The van der Waals surface area contributed by atoms with Gasteiger partial charge in [-0.3, -0.25) is 0 Å². The minimum Gasteiger partial charge on any atom is -0.389 e. The number of alkyl halides is 1. The third kappa shape index (κ3) is 2.90. The number of halogens is 1. The first-order valence-corrected chi connectivity index (χ1v) is 4.83. The van der Waals surface area contributed by atoms with Crippen molar-refractivity contribution >= 4 is 0 Å². The molecule has 0 aliphatic carbocycles. The van der Waals surface area contributed by atoms with Gasteiger partial charge in [0.1, 0.15) is 6.67 Å². The van der Waals surface area contributed by atoms with Crippen LogP contribution in [-0.2, 0) is 0 Å². The van der Waals surface area contributed by atoms with Crippen molar-refractivity contribution in [1.82, 2.24) is 4.90 Å². The number of aliphatic hydroxyl groups excluding tert-OH is 1. The Bertz CT molecular complexity index is 155. The lowest BCUT2D eigenvalue weighted by atomic mass is 9.99. The van der Waals surface area contributed by atoms with E-state index in [1.54, 1.807) is 0 Å². The van der Waals surface area contributed by atoms with Crippen LogP contribution in [0.4, 0.5) is 4.39 Å². The van der Waals surface area contributed by atoms with Crippen molar-refractivity contribution in [2.24, 2.45) is 17.6 Å². The zero-order valence-electron chi connectivity index (χ0n) is 8.12. The summed E-state index contributed by atoms with van der Waals surface area (Å²) in [5.74, 6) is 1.07. The van der Waals surface area contributed by atoms with Crippen molar-refractivity contribution in [1.29, 1.82) is 0 Å². The summed E-state index contributed by atoms with van der Waals surface area (Å²) in [6.45, 7) is 4.45. The van der Waals surface area contributed by atoms with Gasteiger partial charge in [0.25, 0.3) is 0 Å². The van der Waals surface area contributed by atoms with Gasteiger partial charge >= 0.3 is 0 Å². The Kier molecular flexibility index (Phi) is 4.09. The van der Waals surface area contributed by atoms with Crippen LogP contribution in [0.25, 0.3) is 0 Å². The molecule has 0 radical (unpaired) electrons. The Morgan fingerprint density at radius 3 is 2.77 bits per heavy atom. The molecule has 1 unspecified atom stereocenters. The summed E-state index contributed by atoms with van der Waals surface area (Å²) in [6, 6.07) is 0. The molecule has 0 aromatic rings. The van der Waals surface area contributed by atoms with Gasteiger partial charge in [0.2, 0.25) is 0 Å². The maximum Gasteiger partial charge on any atom is 0.117 e. The summed E-state index contributed by atoms with van der Waals surface area (Å²) in [5, 5.41) is 9.12. The van der Waals surface area contributed by atoms with Gasteiger partial charge in [0.05, 0.1) is 6.10 Å². The lowest BCUT2D eigenvalue weighted by Gasteiger charge is -2.17. The summed E-state index contributed by atoms with van der Waals surface area (Å²) in [5.41, 5.74) is 5.59. The fourth-order valence-corrected chi connectivity index (χ4v) is 1.95. The molecule has 3 N–H and O–H groups in total. The molecular weight excluding hydrogens is 171 g/mol. The molecule has 3 nitrogen and oxygen atoms in total. The van der Waals surface area contributed by atoms with E-state index in [4.69, 9.17) is 10.8 Å². The van der Waals surface area contributed by atoms with Crippen LogP contribution in [0, 0.1) is 11.8 Å². The van der Waals surface area contributed by atoms with Gasteiger partial charge in [0.15, 0.2) is 0 Å². The second-order valence-corrected chi connectivity index (χ2v) is 4.00. The summed E-state index contributed by atoms with van der Waals surface area (Å²) in [7, 11) is 0. The number of hydrogen-bond acceptors (Lipinski definition) is 3.